The smallest absolute Gasteiger partial charge is 0.304 e. The number of hydrogen-bond donors (Lipinski definition) is 6. The first kappa shape index (κ1) is 36.1. The third kappa shape index (κ3) is 11.2. The Morgan fingerprint density at radius 2 is 1.62 bits per heavy atom. The Bertz CT molecular complexity index is 1450. The average Bonchev–Trinajstić information content (AvgIpc) is 3.53. The Labute approximate surface area is 270 Å². The second-order valence-corrected chi connectivity index (χ2v) is 11.1. The number of carbonyl (C=O) groups is 6. The molecule has 16 heteroatoms. The highest BCUT2D eigenvalue weighted by Gasteiger charge is 2.38. The quantitative estimate of drug-likeness (QED) is 0.0826. The molecule has 6 N–H and O–H groups in total. The Morgan fingerprint density at radius 3 is 2.26 bits per heavy atom. The van der Waals surface area contributed by atoms with Crippen LogP contribution in [0.4, 0.5) is 11.4 Å². The minimum absolute atomic E-state index is 0.0803. The lowest BCUT2D eigenvalue weighted by atomic mass is 10.0. The van der Waals surface area contributed by atoms with Gasteiger partial charge in [0.1, 0.15) is 24.2 Å². The molecule has 0 saturated carbocycles. The molecule has 0 aromatic heterocycles. The van der Waals surface area contributed by atoms with Gasteiger partial charge in [-0.1, -0.05) is 30.3 Å². The zero-order valence-corrected chi connectivity index (χ0v) is 26.1. The van der Waals surface area contributed by atoms with Gasteiger partial charge in [0.15, 0.2) is 0 Å². The summed E-state index contributed by atoms with van der Waals surface area (Å²) in [5.41, 5.74) is 0.926. The summed E-state index contributed by atoms with van der Waals surface area (Å²) >= 11 is 0. The lowest BCUT2D eigenvalue weighted by Gasteiger charge is -2.29. The van der Waals surface area contributed by atoms with Gasteiger partial charge in [0.2, 0.25) is 29.5 Å². The predicted octanol–water partition coefficient (Wildman–Crippen LogP) is 0.326. The van der Waals surface area contributed by atoms with Crippen LogP contribution in [0.1, 0.15) is 38.7 Å². The minimum atomic E-state index is -1.04. The van der Waals surface area contributed by atoms with E-state index in [4.69, 9.17) is 5.11 Å². The number of carboxylic acids is 1. The fourth-order valence-electron chi connectivity index (χ4n) is 4.93. The predicted molar refractivity (Wildman–Crippen MR) is 169 cm³/mol. The molecule has 1 heterocycles. The van der Waals surface area contributed by atoms with Crippen molar-refractivity contribution >= 4 is 46.9 Å². The second kappa shape index (κ2) is 17.4. The maximum atomic E-state index is 13.5. The Kier molecular flexibility index (Phi) is 13.3. The molecule has 0 spiro atoms. The number of nitro benzene ring substituents is 1. The van der Waals surface area contributed by atoms with Gasteiger partial charge in [0.05, 0.1) is 17.9 Å². The van der Waals surface area contributed by atoms with Crippen LogP contribution in [0.25, 0.3) is 0 Å². The Morgan fingerprint density at radius 1 is 0.936 bits per heavy atom. The Balaban J connectivity index is 1.61. The van der Waals surface area contributed by atoms with E-state index in [1.165, 1.54) is 43.0 Å². The molecule has 5 amide bonds. The summed E-state index contributed by atoms with van der Waals surface area (Å²) in [6.45, 7) is 3.04. The van der Waals surface area contributed by atoms with E-state index >= 15 is 0 Å². The van der Waals surface area contributed by atoms with E-state index in [1.807, 2.05) is 6.07 Å². The van der Waals surface area contributed by atoms with E-state index in [0.717, 1.165) is 5.56 Å². The summed E-state index contributed by atoms with van der Waals surface area (Å²) in [7, 11) is 0. The summed E-state index contributed by atoms with van der Waals surface area (Å²) in [5, 5.41) is 32.7. The first-order chi connectivity index (χ1) is 22.3. The maximum absolute atomic E-state index is 13.5. The molecule has 1 aliphatic heterocycles. The summed E-state index contributed by atoms with van der Waals surface area (Å²) in [6.07, 6.45) is 0.824. The number of nitrogens with zero attached hydrogens (tertiary/aromatic N) is 2. The van der Waals surface area contributed by atoms with Crippen LogP contribution in [-0.2, 0) is 35.2 Å². The third-order valence-electron chi connectivity index (χ3n) is 7.40. The molecule has 0 unspecified atom stereocenters. The van der Waals surface area contributed by atoms with Crippen LogP contribution in [0.5, 0.6) is 0 Å². The molecule has 252 valence electrons. The van der Waals surface area contributed by atoms with Crippen molar-refractivity contribution in [2.24, 2.45) is 0 Å². The molecule has 2 aromatic carbocycles. The number of carbonyl (C=O) groups excluding carboxylic acids is 5. The van der Waals surface area contributed by atoms with Gasteiger partial charge in [-0.3, -0.25) is 38.9 Å². The summed E-state index contributed by atoms with van der Waals surface area (Å²) in [6, 6.07) is 10.3. The summed E-state index contributed by atoms with van der Waals surface area (Å²) < 4.78 is 0. The van der Waals surface area contributed by atoms with Crippen molar-refractivity contribution in [2.45, 2.75) is 63.7 Å². The minimum Gasteiger partial charge on any atom is -0.481 e. The normalized spacial score (nSPS) is 15.9. The molecule has 1 saturated heterocycles. The van der Waals surface area contributed by atoms with Gasteiger partial charge in [0, 0.05) is 37.3 Å². The molecule has 4 atom stereocenters. The molecular formula is C31H39N7O9. The molecule has 16 nitrogen and oxygen atoms in total. The summed E-state index contributed by atoms with van der Waals surface area (Å²) in [5.74, 6) is -3.79. The fourth-order valence-corrected chi connectivity index (χ4v) is 4.93. The lowest BCUT2D eigenvalue weighted by Crippen LogP contribution is -2.57. The Hall–Kier alpha value is -5.38. The van der Waals surface area contributed by atoms with E-state index in [0.29, 0.717) is 18.5 Å². The molecule has 2 aromatic rings. The standard InChI is InChI=1S/C31H39N7O9/c1-19(33-26(39)18-32-15-14-27(40)41)28(42)34-20(2)31(45)37-16-6-9-25(37)30(44)36-24(17-21-7-4-3-5-8-21)29(43)35-22-10-12-23(13-11-22)38(46)47/h3-5,7-8,10-13,19-20,24-25,32H,6,9,14-18H2,1-2H3,(H,33,39)(H,34,42)(H,35,43)(H,36,44)(H,40,41)/t19-,20-,24-,25-/m0/s1. The van der Waals surface area contributed by atoms with Crippen molar-refractivity contribution in [3.63, 3.8) is 0 Å². The van der Waals surface area contributed by atoms with E-state index in [-0.39, 0.29) is 38.2 Å². The van der Waals surface area contributed by atoms with Crippen molar-refractivity contribution in [1.29, 1.82) is 0 Å². The van der Waals surface area contributed by atoms with Crippen molar-refractivity contribution in [1.82, 2.24) is 26.2 Å². The van der Waals surface area contributed by atoms with Gasteiger partial charge in [0.25, 0.3) is 5.69 Å². The number of aliphatic carboxylic acids is 1. The number of carboxylic acid groups (broad SMARTS) is 1. The van der Waals surface area contributed by atoms with Gasteiger partial charge in [-0.05, 0) is 44.4 Å². The van der Waals surface area contributed by atoms with Gasteiger partial charge in [-0.15, -0.1) is 0 Å². The highest BCUT2D eigenvalue weighted by atomic mass is 16.6. The van der Waals surface area contributed by atoms with Crippen molar-refractivity contribution in [2.75, 3.05) is 25.0 Å². The SMILES string of the molecule is C[C@H](NC(=O)CNCCC(=O)O)C(=O)N[C@@H](C)C(=O)N1CCC[C@H]1C(=O)N[C@@H](Cc1ccccc1)C(=O)Nc1ccc([N+](=O)[O-])cc1. The zero-order valence-electron chi connectivity index (χ0n) is 26.1. The van der Waals surface area contributed by atoms with Crippen molar-refractivity contribution in [3.8, 4) is 0 Å². The number of rotatable bonds is 16. The van der Waals surface area contributed by atoms with E-state index in [1.54, 1.807) is 24.3 Å². The molecule has 0 bridgehead atoms. The number of benzene rings is 2. The number of amides is 5. The number of anilines is 1. The lowest BCUT2D eigenvalue weighted by molar-refractivity contribution is -0.384. The van der Waals surface area contributed by atoms with E-state index in [2.05, 4.69) is 26.6 Å². The zero-order chi connectivity index (χ0) is 34.5. The van der Waals surface area contributed by atoms with Crippen molar-refractivity contribution in [3.05, 3.63) is 70.3 Å². The van der Waals surface area contributed by atoms with Crippen LogP contribution in [0, 0.1) is 10.1 Å². The van der Waals surface area contributed by atoms with Gasteiger partial charge < -0.3 is 36.6 Å². The fraction of sp³-hybridized carbons (Fsp3) is 0.419. The molecule has 3 rings (SSSR count). The van der Waals surface area contributed by atoms with Crippen LogP contribution in [0.15, 0.2) is 54.6 Å². The molecule has 1 aliphatic rings. The van der Waals surface area contributed by atoms with Crippen LogP contribution >= 0.6 is 0 Å². The first-order valence-corrected chi connectivity index (χ1v) is 15.1. The molecule has 0 radical (unpaired) electrons. The van der Waals surface area contributed by atoms with Crippen LogP contribution in [-0.4, -0.2) is 94.2 Å². The maximum Gasteiger partial charge on any atom is 0.304 e. The molecular weight excluding hydrogens is 614 g/mol. The van der Waals surface area contributed by atoms with Gasteiger partial charge in [-0.25, -0.2) is 0 Å². The van der Waals surface area contributed by atoms with Gasteiger partial charge >= 0.3 is 5.97 Å². The number of hydrogen-bond acceptors (Lipinski definition) is 9. The van der Waals surface area contributed by atoms with Crippen LogP contribution in [0.2, 0.25) is 0 Å². The number of likely N-dealkylation sites (tertiary alicyclic amines) is 1. The molecule has 47 heavy (non-hydrogen) atoms. The number of nitro groups is 1. The number of nitrogens with one attached hydrogen (secondary N) is 5. The topological polar surface area (TPSA) is 229 Å². The van der Waals surface area contributed by atoms with Gasteiger partial charge in [-0.2, -0.15) is 0 Å². The van der Waals surface area contributed by atoms with E-state index < -0.39 is 64.6 Å². The molecule has 1 fully saturated rings. The second-order valence-electron chi connectivity index (χ2n) is 11.1. The highest BCUT2D eigenvalue weighted by molar-refractivity contribution is 5.99. The van der Waals surface area contributed by atoms with Crippen LogP contribution in [0.3, 0.4) is 0 Å². The van der Waals surface area contributed by atoms with E-state index in [9.17, 15) is 38.9 Å². The first-order valence-electron chi connectivity index (χ1n) is 15.1. The number of non-ortho nitro benzene ring substituents is 1. The van der Waals surface area contributed by atoms with Crippen LogP contribution < -0.4 is 26.6 Å². The largest absolute Gasteiger partial charge is 0.481 e. The molecule has 0 aliphatic carbocycles. The monoisotopic (exact) mass is 653 g/mol. The average molecular weight is 654 g/mol. The summed E-state index contributed by atoms with van der Waals surface area (Å²) in [4.78, 5) is 87.3. The highest BCUT2D eigenvalue weighted by Crippen LogP contribution is 2.20. The van der Waals surface area contributed by atoms with Crippen molar-refractivity contribution < 1.29 is 38.8 Å². The third-order valence-corrected chi connectivity index (χ3v) is 7.40.